The Morgan fingerprint density at radius 1 is 1.08 bits per heavy atom. The van der Waals surface area contributed by atoms with Crippen LogP contribution < -0.4 is 5.32 Å². The van der Waals surface area contributed by atoms with Gasteiger partial charge < -0.3 is 9.84 Å². The summed E-state index contributed by atoms with van der Waals surface area (Å²) in [7, 11) is 0. The van der Waals surface area contributed by atoms with Crippen LogP contribution in [-0.2, 0) is 12.0 Å². The topological polar surface area (TPSA) is 68.0 Å². The number of hydrogen-bond donors (Lipinski definition) is 1. The molecule has 3 rings (SSSR count). The van der Waals surface area contributed by atoms with Gasteiger partial charge in [0.1, 0.15) is 5.56 Å². The first-order chi connectivity index (χ1) is 12.4. The molecule has 134 valence electrons. The number of pyridine rings is 1. The number of carbonyl (C=O) groups excluding carboxylic acids is 1. The molecule has 0 saturated carbocycles. The fraction of sp³-hybridized carbons (Fsp3) is 0.286. The van der Waals surface area contributed by atoms with Gasteiger partial charge in [0.2, 0.25) is 0 Å². The van der Waals surface area contributed by atoms with Gasteiger partial charge in [0.15, 0.2) is 5.76 Å². The zero-order valence-corrected chi connectivity index (χ0v) is 15.5. The Balaban J connectivity index is 1.83. The minimum atomic E-state index is -0.199. The molecule has 5 nitrogen and oxygen atoms in total. The van der Waals surface area contributed by atoms with E-state index in [2.05, 4.69) is 48.4 Å². The molecule has 0 atom stereocenters. The number of carbonyl (C=O) groups is 1. The summed E-state index contributed by atoms with van der Waals surface area (Å²) in [5.74, 6) is 0.297. The van der Waals surface area contributed by atoms with Gasteiger partial charge >= 0.3 is 0 Å². The highest BCUT2D eigenvalue weighted by atomic mass is 16.5. The number of aromatic nitrogens is 2. The summed E-state index contributed by atoms with van der Waals surface area (Å²) in [6, 6.07) is 11.8. The molecule has 1 aromatic carbocycles. The van der Waals surface area contributed by atoms with Gasteiger partial charge in [-0.25, -0.2) is 0 Å². The summed E-state index contributed by atoms with van der Waals surface area (Å²) in [5, 5.41) is 6.92. The second-order valence-electron chi connectivity index (χ2n) is 7.34. The van der Waals surface area contributed by atoms with Gasteiger partial charge in [0, 0.05) is 24.5 Å². The second kappa shape index (κ2) is 7.12. The first-order valence-electron chi connectivity index (χ1n) is 8.60. The maximum Gasteiger partial charge on any atom is 0.257 e. The Hall–Kier alpha value is -2.95. The van der Waals surface area contributed by atoms with E-state index in [1.807, 2.05) is 24.3 Å². The molecular formula is C21H23N3O2. The molecule has 0 aliphatic carbocycles. The molecule has 0 aliphatic heterocycles. The fourth-order valence-electron chi connectivity index (χ4n) is 2.73. The third-order valence-electron chi connectivity index (χ3n) is 4.31. The largest absolute Gasteiger partial charge is 0.355 e. The molecule has 0 unspecified atom stereocenters. The van der Waals surface area contributed by atoms with Crippen molar-refractivity contribution < 1.29 is 9.32 Å². The van der Waals surface area contributed by atoms with E-state index in [0.29, 0.717) is 23.6 Å². The van der Waals surface area contributed by atoms with E-state index in [0.717, 1.165) is 11.1 Å². The molecule has 3 aromatic rings. The first kappa shape index (κ1) is 17.9. The van der Waals surface area contributed by atoms with E-state index < -0.39 is 0 Å². The molecule has 1 N–H and O–H groups in total. The predicted molar refractivity (Wildman–Crippen MR) is 101 cm³/mol. The molecule has 5 heteroatoms. The summed E-state index contributed by atoms with van der Waals surface area (Å²) in [4.78, 5) is 16.7. The fourth-order valence-corrected chi connectivity index (χ4v) is 2.73. The molecule has 0 saturated heterocycles. The number of amides is 1. The second-order valence-corrected chi connectivity index (χ2v) is 7.34. The first-order valence-corrected chi connectivity index (χ1v) is 8.60. The Kier molecular flexibility index (Phi) is 4.89. The summed E-state index contributed by atoms with van der Waals surface area (Å²) in [5.41, 5.74) is 4.17. The molecule has 2 heterocycles. The van der Waals surface area contributed by atoms with E-state index in [1.54, 1.807) is 19.3 Å². The standard InChI is InChI=1S/C21H23N3O2/c1-14-18(20(25)23-13-15-9-11-22-12-10-15)19(26-24-14)16-5-7-17(8-6-16)21(2,3)4/h5-12H,13H2,1-4H3,(H,23,25). The van der Waals surface area contributed by atoms with Crippen LogP contribution in [0.4, 0.5) is 0 Å². The van der Waals surface area contributed by atoms with Crippen LogP contribution in [0.1, 0.15) is 48.0 Å². The van der Waals surface area contributed by atoms with Crippen LogP contribution in [0.5, 0.6) is 0 Å². The molecule has 0 aliphatic rings. The van der Waals surface area contributed by atoms with Gasteiger partial charge in [0.05, 0.1) is 5.69 Å². The highest BCUT2D eigenvalue weighted by Crippen LogP contribution is 2.29. The quantitative estimate of drug-likeness (QED) is 0.764. The maximum absolute atomic E-state index is 12.7. The van der Waals surface area contributed by atoms with E-state index in [1.165, 1.54) is 5.56 Å². The van der Waals surface area contributed by atoms with Crippen molar-refractivity contribution in [3.63, 3.8) is 0 Å². The van der Waals surface area contributed by atoms with Crippen molar-refractivity contribution in [3.05, 3.63) is 71.2 Å². The van der Waals surface area contributed by atoms with Gasteiger partial charge in [-0.15, -0.1) is 0 Å². The van der Waals surface area contributed by atoms with Gasteiger partial charge in [-0.3, -0.25) is 9.78 Å². The van der Waals surface area contributed by atoms with Crippen LogP contribution in [0.25, 0.3) is 11.3 Å². The van der Waals surface area contributed by atoms with E-state index in [4.69, 9.17) is 4.52 Å². The Morgan fingerprint density at radius 2 is 1.73 bits per heavy atom. The smallest absolute Gasteiger partial charge is 0.257 e. The minimum Gasteiger partial charge on any atom is -0.355 e. The molecule has 2 aromatic heterocycles. The highest BCUT2D eigenvalue weighted by molar-refractivity contribution is 6.00. The van der Waals surface area contributed by atoms with Crippen LogP contribution in [0.3, 0.4) is 0 Å². The zero-order valence-electron chi connectivity index (χ0n) is 15.5. The van der Waals surface area contributed by atoms with Crippen LogP contribution >= 0.6 is 0 Å². The predicted octanol–water partition coefficient (Wildman–Crippen LogP) is 4.27. The maximum atomic E-state index is 12.7. The van der Waals surface area contributed by atoms with Crippen LogP contribution in [0, 0.1) is 6.92 Å². The minimum absolute atomic E-state index is 0.0700. The number of nitrogens with one attached hydrogen (secondary N) is 1. The summed E-state index contributed by atoms with van der Waals surface area (Å²) in [6.07, 6.45) is 3.41. The molecule has 1 amide bonds. The van der Waals surface area contributed by atoms with Gasteiger partial charge in [-0.2, -0.15) is 0 Å². The lowest BCUT2D eigenvalue weighted by molar-refractivity contribution is 0.0950. The lowest BCUT2D eigenvalue weighted by atomic mass is 9.86. The number of aryl methyl sites for hydroxylation is 1. The number of rotatable bonds is 4. The lowest BCUT2D eigenvalue weighted by Gasteiger charge is -2.18. The van der Waals surface area contributed by atoms with Crippen molar-refractivity contribution in [1.82, 2.24) is 15.5 Å². The molecule has 0 spiro atoms. The molecule has 0 fully saturated rings. The number of nitrogens with zero attached hydrogens (tertiary/aromatic N) is 2. The summed E-state index contributed by atoms with van der Waals surface area (Å²) < 4.78 is 5.46. The number of hydrogen-bond acceptors (Lipinski definition) is 4. The highest BCUT2D eigenvalue weighted by Gasteiger charge is 2.22. The molecular weight excluding hydrogens is 326 g/mol. The van der Waals surface area contributed by atoms with E-state index in [9.17, 15) is 4.79 Å². The SMILES string of the molecule is Cc1noc(-c2ccc(C(C)(C)C)cc2)c1C(=O)NCc1ccncc1. The Morgan fingerprint density at radius 3 is 2.35 bits per heavy atom. The molecule has 0 radical (unpaired) electrons. The normalized spacial score (nSPS) is 11.4. The molecule has 0 bridgehead atoms. The van der Waals surface area contributed by atoms with Gasteiger partial charge in [-0.05, 0) is 35.6 Å². The van der Waals surface area contributed by atoms with Crippen molar-refractivity contribution in [2.75, 3.05) is 0 Å². The van der Waals surface area contributed by atoms with Crippen molar-refractivity contribution in [2.24, 2.45) is 0 Å². The van der Waals surface area contributed by atoms with Crippen molar-refractivity contribution in [3.8, 4) is 11.3 Å². The van der Waals surface area contributed by atoms with E-state index in [-0.39, 0.29) is 11.3 Å². The summed E-state index contributed by atoms with van der Waals surface area (Å²) in [6.45, 7) is 8.70. The zero-order chi connectivity index (χ0) is 18.7. The van der Waals surface area contributed by atoms with Crippen LogP contribution in [-0.4, -0.2) is 16.0 Å². The third-order valence-corrected chi connectivity index (χ3v) is 4.31. The number of benzene rings is 1. The lowest BCUT2D eigenvalue weighted by Crippen LogP contribution is -2.23. The van der Waals surface area contributed by atoms with Gasteiger partial charge in [-0.1, -0.05) is 50.2 Å². The van der Waals surface area contributed by atoms with Crippen LogP contribution in [0.15, 0.2) is 53.3 Å². The van der Waals surface area contributed by atoms with Crippen molar-refractivity contribution >= 4 is 5.91 Å². The Bertz CT molecular complexity index is 891. The van der Waals surface area contributed by atoms with Crippen LogP contribution in [0.2, 0.25) is 0 Å². The monoisotopic (exact) mass is 349 g/mol. The summed E-state index contributed by atoms with van der Waals surface area (Å²) >= 11 is 0. The van der Waals surface area contributed by atoms with Crippen molar-refractivity contribution in [2.45, 2.75) is 39.7 Å². The molecule has 26 heavy (non-hydrogen) atoms. The van der Waals surface area contributed by atoms with E-state index >= 15 is 0 Å². The van der Waals surface area contributed by atoms with Gasteiger partial charge in [0.25, 0.3) is 5.91 Å². The third kappa shape index (κ3) is 3.82. The Labute approximate surface area is 153 Å². The average molecular weight is 349 g/mol. The average Bonchev–Trinajstić information content (AvgIpc) is 3.01. The van der Waals surface area contributed by atoms with Crippen molar-refractivity contribution in [1.29, 1.82) is 0 Å².